The number of para-hydroxylation sites is 2. The fraction of sp³-hybridized carbons (Fsp3) is 0. The first-order chi connectivity index (χ1) is 25.8. The molecule has 0 spiro atoms. The molecule has 246 valence electrons. The first-order valence-corrected chi connectivity index (χ1v) is 17.7. The molecule has 52 heavy (non-hydrogen) atoms. The second-order valence-corrected chi connectivity index (χ2v) is 12.9. The van der Waals surface area contributed by atoms with Gasteiger partial charge in [0.2, 0.25) is 0 Å². The van der Waals surface area contributed by atoms with E-state index in [0.717, 1.165) is 50.5 Å². The van der Waals surface area contributed by atoms with Crippen LogP contribution in [0.3, 0.4) is 0 Å². The summed E-state index contributed by atoms with van der Waals surface area (Å²) in [6, 6.07) is 75.2. The molecular formula is C50H35NO. The highest BCUT2D eigenvalue weighted by Gasteiger charge is 2.18. The van der Waals surface area contributed by atoms with E-state index < -0.39 is 0 Å². The number of benzene rings is 8. The van der Waals surface area contributed by atoms with Gasteiger partial charge in [0.1, 0.15) is 11.3 Å². The van der Waals surface area contributed by atoms with Crippen LogP contribution in [0.1, 0.15) is 0 Å². The van der Waals surface area contributed by atoms with Gasteiger partial charge in [0.15, 0.2) is 0 Å². The quantitative estimate of drug-likeness (QED) is 0.161. The molecule has 0 fully saturated rings. The Kier molecular flexibility index (Phi) is 8.24. The van der Waals surface area contributed by atoms with E-state index in [4.69, 9.17) is 4.42 Å². The maximum Gasteiger partial charge on any atom is 0.136 e. The van der Waals surface area contributed by atoms with Crippen molar-refractivity contribution in [2.75, 3.05) is 4.90 Å². The molecule has 0 aliphatic heterocycles. The highest BCUT2D eigenvalue weighted by atomic mass is 16.3. The van der Waals surface area contributed by atoms with E-state index in [0.29, 0.717) is 0 Å². The molecule has 0 saturated carbocycles. The SMILES string of the molecule is c1ccc(-c2ccc(-c3ccc(N(c4ccc(-c5ccccc5-c5cc6ccccc6o5)cc4)c4ccccc4-c4ccccc4)cc3)cc2)cc1. The Hall–Kier alpha value is -6.90. The summed E-state index contributed by atoms with van der Waals surface area (Å²) in [4.78, 5) is 2.36. The van der Waals surface area contributed by atoms with Gasteiger partial charge in [-0.25, -0.2) is 0 Å². The third-order valence-electron chi connectivity index (χ3n) is 9.74. The van der Waals surface area contributed by atoms with Crippen molar-refractivity contribution in [2.24, 2.45) is 0 Å². The standard InChI is InChI=1S/C50H35NO/c1-3-13-36(14-4-1)37-23-25-38(26-24-37)39-27-31-43(32-28-39)51(48-21-11-10-19-46(48)40-15-5-2-6-16-40)44-33-29-41(30-34-44)45-18-8-9-20-47(45)50-35-42-17-7-12-22-49(42)52-50/h1-35H. The average molecular weight is 666 g/mol. The molecule has 0 amide bonds. The Morgan fingerprint density at radius 1 is 0.308 bits per heavy atom. The smallest absolute Gasteiger partial charge is 0.136 e. The van der Waals surface area contributed by atoms with Gasteiger partial charge in [0, 0.05) is 27.9 Å². The normalized spacial score (nSPS) is 11.1. The third kappa shape index (κ3) is 6.08. The predicted molar refractivity (Wildman–Crippen MR) is 218 cm³/mol. The van der Waals surface area contributed by atoms with E-state index in [9.17, 15) is 0 Å². The molecule has 0 atom stereocenters. The van der Waals surface area contributed by atoms with Gasteiger partial charge >= 0.3 is 0 Å². The summed E-state index contributed by atoms with van der Waals surface area (Å²) in [6.45, 7) is 0. The fourth-order valence-corrected chi connectivity index (χ4v) is 7.10. The molecule has 0 aliphatic rings. The van der Waals surface area contributed by atoms with Gasteiger partial charge in [-0.15, -0.1) is 0 Å². The molecule has 0 unspecified atom stereocenters. The van der Waals surface area contributed by atoms with Crippen LogP contribution in [0.2, 0.25) is 0 Å². The molecule has 1 heterocycles. The molecule has 8 aromatic carbocycles. The monoisotopic (exact) mass is 665 g/mol. The Balaban J connectivity index is 1.10. The number of hydrogen-bond acceptors (Lipinski definition) is 2. The van der Waals surface area contributed by atoms with Gasteiger partial charge in [-0.3, -0.25) is 0 Å². The summed E-state index contributed by atoms with van der Waals surface area (Å²) in [7, 11) is 0. The lowest BCUT2D eigenvalue weighted by atomic mass is 9.97. The first-order valence-electron chi connectivity index (χ1n) is 17.7. The van der Waals surface area contributed by atoms with Gasteiger partial charge in [-0.05, 0) is 81.4 Å². The van der Waals surface area contributed by atoms with E-state index in [2.05, 4.69) is 199 Å². The average Bonchev–Trinajstić information content (AvgIpc) is 3.67. The van der Waals surface area contributed by atoms with Crippen molar-refractivity contribution >= 4 is 28.0 Å². The Labute approximate surface area is 304 Å². The number of hydrogen-bond donors (Lipinski definition) is 0. The second-order valence-electron chi connectivity index (χ2n) is 12.9. The van der Waals surface area contributed by atoms with Crippen molar-refractivity contribution in [1.29, 1.82) is 0 Å². The van der Waals surface area contributed by atoms with Crippen LogP contribution >= 0.6 is 0 Å². The van der Waals surface area contributed by atoms with Crippen LogP contribution in [-0.2, 0) is 0 Å². The molecule has 0 aliphatic carbocycles. The molecule has 9 aromatic rings. The minimum absolute atomic E-state index is 0.870. The zero-order chi connectivity index (χ0) is 34.7. The Bertz CT molecular complexity index is 2550. The third-order valence-corrected chi connectivity index (χ3v) is 9.74. The lowest BCUT2D eigenvalue weighted by Crippen LogP contribution is -2.11. The minimum Gasteiger partial charge on any atom is -0.456 e. The van der Waals surface area contributed by atoms with Crippen molar-refractivity contribution in [1.82, 2.24) is 0 Å². The molecule has 2 nitrogen and oxygen atoms in total. The van der Waals surface area contributed by atoms with Crippen molar-refractivity contribution in [3.8, 4) is 55.8 Å². The van der Waals surface area contributed by atoms with Crippen LogP contribution in [0.15, 0.2) is 217 Å². The first kappa shape index (κ1) is 31.1. The second kappa shape index (κ2) is 13.8. The molecule has 9 rings (SSSR count). The summed E-state index contributed by atoms with van der Waals surface area (Å²) in [5, 5.41) is 1.10. The molecule has 0 N–H and O–H groups in total. The van der Waals surface area contributed by atoms with Gasteiger partial charge in [-0.1, -0.05) is 170 Å². The Morgan fingerprint density at radius 3 is 1.35 bits per heavy atom. The zero-order valence-electron chi connectivity index (χ0n) is 28.6. The van der Waals surface area contributed by atoms with Crippen molar-refractivity contribution in [3.63, 3.8) is 0 Å². The lowest BCUT2D eigenvalue weighted by molar-refractivity contribution is 0.632. The largest absolute Gasteiger partial charge is 0.456 e. The number of anilines is 3. The van der Waals surface area contributed by atoms with Gasteiger partial charge in [0.25, 0.3) is 0 Å². The molecule has 0 bridgehead atoms. The zero-order valence-corrected chi connectivity index (χ0v) is 28.6. The Morgan fingerprint density at radius 2 is 0.731 bits per heavy atom. The molecule has 1 aromatic heterocycles. The summed E-state index contributed by atoms with van der Waals surface area (Å²) in [5.74, 6) is 0.870. The summed E-state index contributed by atoms with van der Waals surface area (Å²) in [6.07, 6.45) is 0. The molecule has 0 saturated heterocycles. The van der Waals surface area contributed by atoms with E-state index in [-0.39, 0.29) is 0 Å². The van der Waals surface area contributed by atoms with Gasteiger partial charge in [-0.2, -0.15) is 0 Å². The fourth-order valence-electron chi connectivity index (χ4n) is 7.10. The summed E-state index contributed by atoms with van der Waals surface area (Å²) >= 11 is 0. The summed E-state index contributed by atoms with van der Waals surface area (Å²) < 4.78 is 6.31. The maximum absolute atomic E-state index is 6.31. The van der Waals surface area contributed by atoms with E-state index in [1.165, 1.54) is 33.4 Å². The number of rotatable bonds is 8. The van der Waals surface area contributed by atoms with Crippen molar-refractivity contribution in [2.45, 2.75) is 0 Å². The van der Waals surface area contributed by atoms with Crippen LogP contribution in [0.4, 0.5) is 17.1 Å². The van der Waals surface area contributed by atoms with Crippen LogP contribution in [0.25, 0.3) is 66.8 Å². The van der Waals surface area contributed by atoms with Crippen LogP contribution in [0, 0.1) is 0 Å². The molecule has 0 radical (unpaired) electrons. The van der Waals surface area contributed by atoms with Crippen LogP contribution in [0.5, 0.6) is 0 Å². The van der Waals surface area contributed by atoms with Crippen LogP contribution in [-0.4, -0.2) is 0 Å². The predicted octanol–water partition coefficient (Wildman–Crippen LogP) is 14.2. The molecular weight excluding hydrogens is 631 g/mol. The van der Waals surface area contributed by atoms with Crippen molar-refractivity contribution < 1.29 is 4.42 Å². The maximum atomic E-state index is 6.31. The van der Waals surface area contributed by atoms with E-state index >= 15 is 0 Å². The minimum atomic E-state index is 0.870. The lowest BCUT2D eigenvalue weighted by Gasteiger charge is -2.28. The topological polar surface area (TPSA) is 16.4 Å². The van der Waals surface area contributed by atoms with E-state index in [1.807, 2.05) is 18.2 Å². The van der Waals surface area contributed by atoms with Gasteiger partial charge < -0.3 is 9.32 Å². The number of fused-ring (bicyclic) bond motifs is 1. The van der Waals surface area contributed by atoms with Crippen LogP contribution < -0.4 is 4.90 Å². The highest BCUT2D eigenvalue weighted by Crippen LogP contribution is 2.43. The van der Waals surface area contributed by atoms with E-state index in [1.54, 1.807) is 0 Å². The van der Waals surface area contributed by atoms with Crippen molar-refractivity contribution in [3.05, 3.63) is 212 Å². The molecule has 2 heteroatoms. The number of nitrogens with zero attached hydrogens (tertiary/aromatic N) is 1. The summed E-state index contributed by atoms with van der Waals surface area (Å²) in [5.41, 5.74) is 14.7. The number of furan rings is 1. The van der Waals surface area contributed by atoms with Gasteiger partial charge in [0.05, 0.1) is 5.69 Å². The highest BCUT2D eigenvalue weighted by molar-refractivity contribution is 5.91.